The number of rotatable bonds is 3. The quantitative estimate of drug-likeness (QED) is 0.807. The number of hydrogen-bond donors (Lipinski definition) is 1. The van der Waals surface area contributed by atoms with E-state index in [0.717, 1.165) is 16.7 Å². The van der Waals surface area contributed by atoms with Gasteiger partial charge in [0.1, 0.15) is 12.4 Å². The smallest absolute Gasteiger partial charge is 0.160 e. The SMILES string of the molecule is Cc1ccccc1-c1cc(C(O)c2ncnn2C)ccc1C#N. The first-order valence-electron chi connectivity index (χ1n) is 7.24. The summed E-state index contributed by atoms with van der Waals surface area (Å²) in [6.07, 6.45) is 0.516. The van der Waals surface area contributed by atoms with Crippen molar-refractivity contribution < 1.29 is 5.11 Å². The van der Waals surface area contributed by atoms with E-state index in [4.69, 9.17) is 0 Å². The Balaban J connectivity index is 2.13. The van der Waals surface area contributed by atoms with Gasteiger partial charge in [0.05, 0.1) is 11.6 Å². The molecule has 1 N–H and O–H groups in total. The molecule has 23 heavy (non-hydrogen) atoms. The van der Waals surface area contributed by atoms with Crippen LogP contribution >= 0.6 is 0 Å². The normalized spacial score (nSPS) is 11.9. The molecular weight excluding hydrogens is 288 g/mol. The van der Waals surface area contributed by atoms with Crippen LogP contribution in [0.4, 0.5) is 0 Å². The third-order valence-electron chi connectivity index (χ3n) is 3.91. The van der Waals surface area contributed by atoms with Crippen LogP contribution in [0.5, 0.6) is 0 Å². The second-order valence-electron chi connectivity index (χ2n) is 5.38. The molecule has 1 unspecified atom stereocenters. The molecule has 1 aromatic heterocycles. The summed E-state index contributed by atoms with van der Waals surface area (Å²) in [7, 11) is 1.73. The Hall–Kier alpha value is -2.97. The van der Waals surface area contributed by atoms with E-state index in [1.54, 1.807) is 19.2 Å². The third kappa shape index (κ3) is 2.72. The van der Waals surface area contributed by atoms with Crippen LogP contribution in [0, 0.1) is 18.3 Å². The summed E-state index contributed by atoms with van der Waals surface area (Å²) in [5, 5.41) is 23.9. The highest BCUT2D eigenvalue weighted by molar-refractivity contribution is 5.74. The highest BCUT2D eigenvalue weighted by Gasteiger charge is 2.18. The fraction of sp³-hybridized carbons (Fsp3) is 0.167. The van der Waals surface area contributed by atoms with E-state index in [9.17, 15) is 10.4 Å². The van der Waals surface area contributed by atoms with Crippen molar-refractivity contribution in [3.8, 4) is 17.2 Å². The number of benzene rings is 2. The zero-order chi connectivity index (χ0) is 16.4. The molecule has 0 aliphatic rings. The van der Waals surface area contributed by atoms with Gasteiger partial charge in [0.2, 0.25) is 0 Å². The topological polar surface area (TPSA) is 74.7 Å². The summed E-state index contributed by atoms with van der Waals surface area (Å²) in [6, 6.07) is 15.4. The van der Waals surface area contributed by atoms with Gasteiger partial charge in [0, 0.05) is 12.6 Å². The first kappa shape index (κ1) is 14.9. The summed E-state index contributed by atoms with van der Waals surface area (Å²) < 4.78 is 1.54. The van der Waals surface area contributed by atoms with Gasteiger partial charge in [-0.2, -0.15) is 10.4 Å². The van der Waals surface area contributed by atoms with Crippen LogP contribution in [-0.2, 0) is 7.05 Å². The average Bonchev–Trinajstić information content (AvgIpc) is 3.00. The molecule has 3 rings (SSSR count). The van der Waals surface area contributed by atoms with Crippen molar-refractivity contribution in [2.75, 3.05) is 0 Å². The maximum atomic E-state index is 10.6. The minimum atomic E-state index is -0.891. The second kappa shape index (κ2) is 6.03. The predicted octanol–water partition coefficient (Wildman–Crippen LogP) is 2.74. The minimum Gasteiger partial charge on any atom is -0.380 e. The number of aliphatic hydroxyl groups is 1. The molecule has 0 aliphatic carbocycles. The van der Waals surface area contributed by atoms with E-state index in [-0.39, 0.29) is 0 Å². The first-order valence-corrected chi connectivity index (χ1v) is 7.24. The molecule has 0 radical (unpaired) electrons. The van der Waals surface area contributed by atoms with Gasteiger partial charge in [-0.05, 0) is 35.7 Å². The Morgan fingerprint density at radius 3 is 2.61 bits per heavy atom. The molecule has 1 heterocycles. The second-order valence-corrected chi connectivity index (χ2v) is 5.38. The lowest BCUT2D eigenvalue weighted by Crippen LogP contribution is -2.08. The molecule has 0 bridgehead atoms. The van der Waals surface area contributed by atoms with Gasteiger partial charge in [0.15, 0.2) is 5.82 Å². The van der Waals surface area contributed by atoms with Gasteiger partial charge >= 0.3 is 0 Å². The molecular formula is C18H16N4O. The number of aryl methyl sites for hydroxylation is 2. The fourth-order valence-electron chi connectivity index (χ4n) is 2.63. The van der Waals surface area contributed by atoms with Crippen molar-refractivity contribution in [1.82, 2.24) is 14.8 Å². The van der Waals surface area contributed by atoms with Crippen molar-refractivity contribution in [3.05, 3.63) is 71.3 Å². The lowest BCUT2D eigenvalue weighted by Gasteiger charge is -2.14. The molecule has 5 heteroatoms. The summed E-state index contributed by atoms with van der Waals surface area (Å²) >= 11 is 0. The molecule has 0 fully saturated rings. The minimum absolute atomic E-state index is 0.463. The molecule has 2 aromatic carbocycles. The number of nitrogens with zero attached hydrogens (tertiary/aromatic N) is 4. The van der Waals surface area contributed by atoms with Crippen molar-refractivity contribution in [1.29, 1.82) is 5.26 Å². The highest BCUT2D eigenvalue weighted by atomic mass is 16.3. The molecule has 114 valence electrons. The number of aromatic nitrogens is 3. The maximum absolute atomic E-state index is 10.6. The maximum Gasteiger partial charge on any atom is 0.160 e. The molecule has 0 saturated heterocycles. The van der Waals surface area contributed by atoms with Crippen LogP contribution in [0.2, 0.25) is 0 Å². The van der Waals surface area contributed by atoms with Gasteiger partial charge in [-0.1, -0.05) is 30.3 Å². The van der Waals surface area contributed by atoms with E-state index in [1.165, 1.54) is 11.0 Å². The van der Waals surface area contributed by atoms with Crippen LogP contribution < -0.4 is 0 Å². The van der Waals surface area contributed by atoms with Crippen LogP contribution in [0.15, 0.2) is 48.8 Å². The molecule has 3 aromatic rings. The summed E-state index contributed by atoms with van der Waals surface area (Å²) in [5.41, 5.74) is 4.13. The Labute approximate surface area is 134 Å². The predicted molar refractivity (Wildman–Crippen MR) is 86.4 cm³/mol. The van der Waals surface area contributed by atoms with E-state index in [0.29, 0.717) is 17.0 Å². The zero-order valence-electron chi connectivity index (χ0n) is 12.9. The van der Waals surface area contributed by atoms with Crippen molar-refractivity contribution in [3.63, 3.8) is 0 Å². The van der Waals surface area contributed by atoms with Gasteiger partial charge in [-0.3, -0.25) is 4.68 Å². The Morgan fingerprint density at radius 2 is 1.96 bits per heavy atom. The number of nitriles is 1. The monoisotopic (exact) mass is 304 g/mol. The van der Waals surface area contributed by atoms with Crippen LogP contribution in [0.25, 0.3) is 11.1 Å². The number of aliphatic hydroxyl groups excluding tert-OH is 1. The Bertz CT molecular complexity index is 892. The van der Waals surface area contributed by atoms with Gasteiger partial charge in [-0.25, -0.2) is 4.98 Å². The lowest BCUT2D eigenvalue weighted by molar-refractivity contribution is 0.204. The van der Waals surface area contributed by atoms with E-state index in [1.807, 2.05) is 37.3 Å². The molecule has 1 atom stereocenters. The van der Waals surface area contributed by atoms with E-state index in [2.05, 4.69) is 16.2 Å². The van der Waals surface area contributed by atoms with Crippen molar-refractivity contribution in [2.24, 2.45) is 7.05 Å². The summed E-state index contributed by atoms with van der Waals surface area (Å²) in [4.78, 5) is 4.09. The zero-order valence-corrected chi connectivity index (χ0v) is 12.9. The first-order chi connectivity index (χ1) is 11.1. The van der Waals surface area contributed by atoms with Crippen LogP contribution in [0.1, 0.15) is 28.6 Å². The Kier molecular flexibility index (Phi) is 3.92. The molecule has 0 spiro atoms. The number of hydrogen-bond acceptors (Lipinski definition) is 4. The third-order valence-corrected chi connectivity index (χ3v) is 3.91. The van der Waals surface area contributed by atoms with Crippen molar-refractivity contribution >= 4 is 0 Å². The fourth-order valence-corrected chi connectivity index (χ4v) is 2.63. The molecule has 0 amide bonds. The highest BCUT2D eigenvalue weighted by Crippen LogP contribution is 2.30. The summed E-state index contributed by atoms with van der Waals surface area (Å²) in [6.45, 7) is 2.00. The van der Waals surface area contributed by atoms with Gasteiger partial charge < -0.3 is 5.11 Å². The molecule has 5 nitrogen and oxygen atoms in total. The van der Waals surface area contributed by atoms with E-state index >= 15 is 0 Å². The Morgan fingerprint density at radius 1 is 1.17 bits per heavy atom. The van der Waals surface area contributed by atoms with Crippen molar-refractivity contribution in [2.45, 2.75) is 13.0 Å². The average molecular weight is 304 g/mol. The van der Waals surface area contributed by atoms with Gasteiger partial charge in [-0.15, -0.1) is 0 Å². The molecule has 0 aliphatic heterocycles. The lowest BCUT2D eigenvalue weighted by atomic mass is 9.93. The summed E-state index contributed by atoms with van der Waals surface area (Å²) in [5.74, 6) is 0.463. The standard InChI is InChI=1S/C18H16N4O/c1-12-5-3-4-6-15(12)16-9-13(7-8-14(16)10-19)17(23)18-20-11-21-22(18)2/h3-9,11,17,23H,1-2H3. The van der Waals surface area contributed by atoms with Crippen LogP contribution in [0.3, 0.4) is 0 Å². The van der Waals surface area contributed by atoms with Crippen LogP contribution in [-0.4, -0.2) is 19.9 Å². The largest absolute Gasteiger partial charge is 0.380 e. The molecule has 0 saturated carbocycles. The van der Waals surface area contributed by atoms with E-state index < -0.39 is 6.10 Å². The van der Waals surface area contributed by atoms with Gasteiger partial charge in [0.25, 0.3) is 0 Å².